The molecule has 1 fully saturated rings. The molecule has 0 N–H and O–H groups in total. The van der Waals surface area contributed by atoms with Crippen molar-refractivity contribution in [3.05, 3.63) is 87.7 Å². The van der Waals surface area contributed by atoms with E-state index in [1.54, 1.807) is 14.2 Å². The molecule has 1 unspecified atom stereocenters. The first-order chi connectivity index (χ1) is 16.0. The highest BCUT2D eigenvalue weighted by Crippen LogP contribution is 2.31. The van der Waals surface area contributed by atoms with E-state index in [9.17, 15) is 0 Å². The lowest BCUT2D eigenvalue weighted by Gasteiger charge is -2.33. The van der Waals surface area contributed by atoms with E-state index in [0.29, 0.717) is 5.92 Å². The number of rotatable bonds is 7. The second-order valence-electron chi connectivity index (χ2n) is 9.32. The van der Waals surface area contributed by atoms with Crippen LogP contribution in [0.4, 0.5) is 0 Å². The smallest absolute Gasteiger partial charge is 0.122 e. The maximum absolute atomic E-state index is 5.56. The summed E-state index contributed by atoms with van der Waals surface area (Å²) >= 11 is 0. The second kappa shape index (κ2) is 10.4. The minimum Gasteiger partial charge on any atom is -0.497 e. The first-order valence-electron chi connectivity index (χ1n) is 11.9. The van der Waals surface area contributed by atoms with Gasteiger partial charge in [0.25, 0.3) is 0 Å². The Morgan fingerprint density at radius 2 is 1.82 bits per heavy atom. The molecular weight excluding hydrogens is 408 g/mol. The summed E-state index contributed by atoms with van der Waals surface area (Å²) in [4.78, 5) is 7.48. The highest BCUT2D eigenvalue weighted by Gasteiger charge is 2.24. The number of ether oxygens (including phenoxy) is 2. The van der Waals surface area contributed by atoms with Crippen LogP contribution in [0.5, 0.6) is 11.5 Å². The van der Waals surface area contributed by atoms with Gasteiger partial charge in [0.2, 0.25) is 0 Å². The Morgan fingerprint density at radius 1 is 0.970 bits per heavy atom. The van der Waals surface area contributed by atoms with Gasteiger partial charge in [-0.15, -0.1) is 0 Å². The normalized spacial score (nSPS) is 16.6. The average Bonchev–Trinajstić information content (AvgIpc) is 2.85. The molecule has 2 aromatic carbocycles. The second-order valence-corrected chi connectivity index (χ2v) is 9.32. The van der Waals surface area contributed by atoms with Crippen LogP contribution in [0.2, 0.25) is 0 Å². The number of piperidine rings is 1. The molecule has 4 rings (SSSR count). The standard InChI is InChI=1S/C29H36N2O2/c1-20-14-29(33-5)22(3)21(2)27(20)19-31-13-7-9-25(18-31)28-12-11-24(17-30-28)15-23-8-6-10-26(16-23)32-4/h6,8,10-12,14,16-17,25H,7,9,13,15,18-19H2,1-5H3. The minimum atomic E-state index is 0.490. The van der Waals surface area contributed by atoms with Crippen LogP contribution in [-0.4, -0.2) is 37.2 Å². The van der Waals surface area contributed by atoms with E-state index in [1.165, 1.54) is 51.9 Å². The lowest BCUT2D eigenvalue weighted by Crippen LogP contribution is -2.34. The first kappa shape index (κ1) is 23.3. The summed E-state index contributed by atoms with van der Waals surface area (Å²) in [5, 5.41) is 0. The Balaban J connectivity index is 1.43. The molecule has 3 aromatic rings. The summed E-state index contributed by atoms with van der Waals surface area (Å²) in [6.45, 7) is 9.79. The van der Waals surface area contributed by atoms with E-state index >= 15 is 0 Å². The van der Waals surface area contributed by atoms with Crippen molar-refractivity contribution < 1.29 is 9.47 Å². The zero-order valence-electron chi connectivity index (χ0n) is 20.6. The number of methoxy groups -OCH3 is 2. The zero-order valence-corrected chi connectivity index (χ0v) is 20.6. The molecule has 1 aromatic heterocycles. The van der Waals surface area contributed by atoms with Gasteiger partial charge in [-0.3, -0.25) is 9.88 Å². The van der Waals surface area contributed by atoms with Crippen molar-refractivity contribution in [2.24, 2.45) is 0 Å². The van der Waals surface area contributed by atoms with Crippen molar-refractivity contribution in [2.45, 2.75) is 52.5 Å². The van der Waals surface area contributed by atoms with E-state index < -0.39 is 0 Å². The lowest BCUT2D eigenvalue weighted by molar-refractivity contribution is 0.197. The highest BCUT2D eigenvalue weighted by atomic mass is 16.5. The number of aromatic nitrogens is 1. The van der Waals surface area contributed by atoms with Crippen LogP contribution < -0.4 is 9.47 Å². The van der Waals surface area contributed by atoms with Gasteiger partial charge in [-0.2, -0.15) is 0 Å². The van der Waals surface area contributed by atoms with Crippen molar-refractivity contribution in [1.82, 2.24) is 9.88 Å². The predicted octanol–water partition coefficient (Wildman–Crippen LogP) is 5.99. The molecule has 1 aliphatic rings. The minimum absolute atomic E-state index is 0.490. The monoisotopic (exact) mass is 444 g/mol. The number of likely N-dealkylation sites (tertiary alicyclic amines) is 1. The maximum Gasteiger partial charge on any atom is 0.122 e. The van der Waals surface area contributed by atoms with Crippen molar-refractivity contribution >= 4 is 0 Å². The molecule has 174 valence electrons. The summed E-state index contributed by atoms with van der Waals surface area (Å²) in [6.07, 6.45) is 5.34. The first-order valence-corrected chi connectivity index (χ1v) is 11.9. The zero-order chi connectivity index (χ0) is 23.4. The average molecular weight is 445 g/mol. The van der Waals surface area contributed by atoms with Crippen molar-refractivity contribution in [2.75, 3.05) is 27.3 Å². The highest BCUT2D eigenvalue weighted by molar-refractivity contribution is 5.48. The van der Waals surface area contributed by atoms with E-state index in [0.717, 1.165) is 37.6 Å². The predicted molar refractivity (Wildman–Crippen MR) is 134 cm³/mol. The van der Waals surface area contributed by atoms with Crippen molar-refractivity contribution in [1.29, 1.82) is 0 Å². The van der Waals surface area contributed by atoms with Crippen LogP contribution in [0.3, 0.4) is 0 Å². The fourth-order valence-corrected chi connectivity index (χ4v) is 5.02. The Morgan fingerprint density at radius 3 is 2.55 bits per heavy atom. The third-order valence-corrected chi connectivity index (χ3v) is 7.12. The molecule has 0 radical (unpaired) electrons. The fraction of sp³-hybridized carbons (Fsp3) is 0.414. The van der Waals surface area contributed by atoms with Gasteiger partial charge < -0.3 is 9.47 Å². The lowest BCUT2D eigenvalue weighted by atomic mass is 9.92. The number of pyridine rings is 1. The molecule has 0 amide bonds. The maximum atomic E-state index is 5.56. The molecule has 2 heterocycles. The largest absolute Gasteiger partial charge is 0.497 e. The van der Waals surface area contributed by atoms with Gasteiger partial charge in [-0.25, -0.2) is 0 Å². The number of hydrogen-bond acceptors (Lipinski definition) is 4. The van der Waals surface area contributed by atoms with E-state index in [2.05, 4.69) is 62.2 Å². The van der Waals surface area contributed by atoms with Gasteiger partial charge >= 0.3 is 0 Å². The topological polar surface area (TPSA) is 34.6 Å². The summed E-state index contributed by atoms with van der Waals surface area (Å²) in [6, 6.07) is 14.9. The van der Waals surface area contributed by atoms with Gasteiger partial charge in [0.05, 0.1) is 14.2 Å². The summed E-state index contributed by atoms with van der Waals surface area (Å²) < 4.78 is 10.9. The van der Waals surface area contributed by atoms with Gasteiger partial charge in [0, 0.05) is 30.9 Å². The van der Waals surface area contributed by atoms with Crippen molar-refractivity contribution in [3.63, 3.8) is 0 Å². The van der Waals surface area contributed by atoms with Crippen LogP contribution in [0.25, 0.3) is 0 Å². The Kier molecular flexibility index (Phi) is 7.34. The molecule has 1 aliphatic heterocycles. The van der Waals surface area contributed by atoms with Gasteiger partial charge in [0.1, 0.15) is 11.5 Å². The number of nitrogens with zero attached hydrogens (tertiary/aromatic N) is 2. The number of benzene rings is 2. The molecule has 0 bridgehead atoms. The quantitative estimate of drug-likeness (QED) is 0.448. The molecule has 0 spiro atoms. The van der Waals surface area contributed by atoms with Gasteiger partial charge in [-0.05, 0) is 104 Å². The molecule has 4 heteroatoms. The molecular formula is C29H36N2O2. The molecule has 33 heavy (non-hydrogen) atoms. The molecule has 4 nitrogen and oxygen atoms in total. The van der Waals surface area contributed by atoms with Crippen LogP contribution in [0.1, 0.15) is 57.8 Å². The molecule has 0 aliphatic carbocycles. The van der Waals surface area contributed by atoms with E-state index in [4.69, 9.17) is 14.5 Å². The summed E-state index contributed by atoms with van der Waals surface area (Å²) in [7, 11) is 3.46. The molecule has 0 saturated carbocycles. The van der Waals surface area contributed by atoms with Crippen LogP contribution in [0.15, 0.2) is 48.7 Å². The Hall–Kier alpha value is -2.85. The summed E-state index contributed by atoms with van der Waals surface area (Å²) in [5.41, 5.74) is 9.06. The van der Waals surface area contributed by atoms with Crippen molar-refractivity contribution in [3.8, 4) is 11.5 Å². The SMILES string of the molecule is COc1cccc(Cc2ccc(C3CCCN(Cc4c(C)cc(OC)c(C)c4C)C3)nc2)c1. The third kappa shape index (κ3) is 5.39. The van der Waals surface area contributed by atoms with Crippen LogP contribution >= 0.6 is 0 Å². The van der Waals surface area contributed by atoms with Crippen LogP contribution in [0, 0.1) is 20.8 Å². The number of hydrogen-bond donors (Lipinski definition) is 0. The Labute approximate surface area is 198 Å². The van der Waals surface area contributed by atoms with Crippen LogP contribution in [-0.2, 0) is 13.0 Å². The fourth-order valence-electron chi connectivity index (χ4n) is 5.02. The summed E-state index contributed by atoms with van der Waals surface area (Å²) in [5.74, 6) is 2.38. The van der Waals surface area contributed by atoms with Gasteiger partial charge in [0.15, 0.2) is 0 Å². The van der Waals surface area contributed by atoms with E-state index in [1.807, 2.05) is 12.1 Å². The number of aryl methyl sites for hydroxylation is 1. The third-order valence-electron chi connectivity index (χ3n) is 7.12. The van der Waals surface area contributed by atoms with Gasteiger partial charge in [-0.1, -0.05) is 18.2 Å². The molecule has 1 saturated heterocycles. The van der Waals surface area contributed by atoms with E-state index in [-0.39, 0.29) is 0 Å². The molecule has 1 atom stereocenters. The Bertz CT molecular complexity index is 1090.